The molecule has 20 heavy (non-hydrogen) atoms. The summed E-state index contributed by atoms with van der Waals surface area (Å²) in [5.74, 6) is 0.640. The normalized spacial score (nSPS) is 21.3. The fourth-order valence-electron chi connectivity index (χ4n) is 3.01. The van der Waals surface area contributed by atoms with Crippen LogP contribution in [0.3, 0.4) is 0 Å². The van der Waals surface area contributed by atoms with Crippen LogP contribution in [0, 0.1) is 5.92 Å². The molecule has 3 rings (SSSR count). The zero-order valence-corrected chi connectivity index (χ0v) is 11.8. The second-order valence-corrected chi connectivity index (χ2v) is 5.78. The fraction of sp³-hybridized carbons (Fsp3) is 0.471. The predicted molar refractivity (Wildman–Crippen MR) is 81.7 cm³/mol. The van der Waals surface area contributed by atoms with Gasteiger partial charge in [-0.2, -0.15) is 0 Å². The Balaban J connectivity index is 1.60. The number of nitrogens with one attached hydrogen (secondary N) is 2. The van der Waals surface area contributed by atoms with Crippen molar-refractivity contribution in [3.05, 3.63) is 41.0 Å². The molecule has 106 valence electrons. The number of rotatable bonds is 3. The molecule has 1 amide bonds. The number of hydrogen-bond donors (Lipinski definition) is 2. The number of hydrogen-bond acceptors (Lipinski definition) is 2. The zero-order valence-electron chi connectivity index (χ0n) is 11.8. The van der Waals surface area contributed by atoms with Crippen molar-refractivity contribution in [2.45, 2.75) is 25.7 Å². The Bertz CT molecular complexity index is 516. The minimum Gasteiger partial charge on any atom is -0.352 e. The lowest BCUT2D eigenvalue weighted by atomic mass is 9.95. The van der Waals surface area contributed by atoms with Crippen LogP contribution in [0.25, 0.3) is 6.08 Å². The third kappa shape index (κ3) is 3.10. The van der Waals surface area contributed by atoms with Crippen molar-refractivity contribution in [2.24, 2.45) is 5.92 Å². The number of piperidine rings is 1. The number of carbonyl (C=O) groups excluding carboxylic acids is 1. The molecule has 0 aromatic heterocycles. The van der Waals surface area contributed by atoms with Crippen molar-refractivity contribution < 1.29 is 4.79 Å². The molecule has 0 saturated carbocycles. The molecular formula is C17H22N2O. The third-order valence-corrected chi connectivity index (χ3v) is 4.23. The molecule has 1 aliphatic heterocycles. The lowest BCUT2D eigenvalue weighted by Gasteiger charge is -2.23. The zero-order chi connectivity index (χ0) is 13.8. The van der Waals surface area contributed by atoms with Crippen molar-refractivity contribution in [1.82, 2.24) is 10.6 Å². The van der Waals surface area contributed by atoms with Crippen LogP contribution in [0.15, 0.2) is 24.3 Å². The van der Waals surface area contributed by atoms with E-state index in [0.29, 0.717) is 5.92 Å². The highest BCUT2D eigenvalue weighted by Gasteiger charge is 2.15. The van der Waals surface area contributed by atoms with Crippen molar-refractivity contribution in [3.63, 3.8) is 0 Å². The molecule has 2 aliphatic rings. The summed E-state index contributed by atoms with van der Waals surface area (Å²) in [4.78, 5) is 12.2. The van der Waals surface area contributed by atoms with Crippen LogP contribution in [-0.4, -0.2) is 25.5 Å². The van der Waals surface area contributed by atoms with Gasteiger partial charge in [0.15, 0.2) is 0 Å². The Morgan fingerprint density at radius 1 is 1.40 bits per heavy atom. The third-order valence-electron chi connectivity index (χ3n) is 4.23. The van der Waals surface area contributed by atoms with Gasteiger partial charge in [0.25, 0.3) is 5.91 Å². The van der Waals surface area contributed by atoms with Crippen LogP contribution in [-0.2, 0) is 6.42 Å². The first kappa shape index (κ1) is 13.4. The monoisotopic (exact) mass is 270 g/mol. The number of fused-ring (bicyclic) bond motifs is 1. The molecule has 0 bridgehead atoms. The number of benzene rings is 1. The summed E-state index contributed by atoms with van der Waals surface area (Å²) in [6.45, 7) is 2.92. The first-order valence-corrected chi connectivity index (χ1v) is 7.61. The van der Waals surface area contributed by atoms with Crippen LogP contribution in [0.5, 0.6) is 0 Å². The van der Waals surface area contributed by atoms with E-state index in [9.17, 15) is 4.79 Å². The summed E-state index contributed by atoms with van der Waals surface area (Å²) >= 11 is 0. The Morgan fingerprint density at radius 3 is 3.20 bits per heavy atom. The largest absolute Gasteiger partial charge is 0.352 e. The average molecular weight is 270 g/mol. The maximum absolute atomic E-state index is 12.2. The van der Waals surface area contributed by atoms with Crippen LogP contribution in [0.4, 0.5) is 0 Å². The van der Waals surface area contributed by atoms with Crippen molar-refractivity contribution in [1.29, 1.82) is 0 Å². The molecule has 1 heterocycles. The molecule has 1 aromatic carbocycles. The number of allylic oxidation sites excluding steroid dienone is 1. The highest BCUT2D eigenvalue weighted by Crippen LogP contribution is 2.20. The maximum atomic E-state index is 12.2. The van der Waals surface area contributed by atoms with Gasteiger partial charge in [-0.1, -0.05) is 18.2 Å². The van der Waals surface area contributed by atoms with E-state index in [2.05, 4.69) is 28.9 Å². The molecule has 0 radical (unpaired) electrons. The molecular weight excluding hydrogens is 248 g/mol. The van der Waals surface area contributed by atoms with Gasteiger partial charge in [-0.15, -0.1) is 0 Å². The Labute approximate surface area is 120 Å². The van der Waals surface area contributed by atoms with Gasteiger partial charge in [0, 0.05) is 12.1 Å². The van der Waals surface area contributed by atoms with Crippen LogP contribution in [0.1, 0.15) is 40.7 Å². The quantitative estimate of drug-likeness (QED) is 0.885. The Morgan fingerprint density at radius 2 is 2.35 bits per heavy atom. The lowest BCUT2D eigenvalue weighted by molar-refractivity contribution is 0.0944. The van der Waals surface area contributed by atoms with Gasteiger partial charge in [0.2, 0.25) is 0 Å². The second kappa shape index (κ2) is 6.23. The standard InChI is InChI=1S/C17H22N2O/c20-17(19-12-13-4-3-9-18-11-13)16-8-7-14-5-1-2-6-15(14)10-16/h1,5,7-8,10,13,18H,2-4,6,9,11-12H2,(H,19,20). The van der Waals surface area contributed by atoms with E-state index in [1.807, 2.05) is 12.1 Å². The predicted octanol–water partition coefficient (Wildman–Crippen LogP) is 2.38. The van der Waals surface area contributed by atoms with Crippen LogP contribution in [0.2, 0.25) is 0 Å². The van der Waals surface area contributed by atoms with Gasteiger partial charge in [-0.3, -0.25) is 4.79 Å². The van der Waals surface area contributed by atoms with Crippen LogP contribution < -0.4 is 10.6 Å². The molecule has 1 aliphatic carbocycles. The molecule has 1 aromatic rings. The first-order chi connectivity index (χ1) is 9.83. The van der Waals surface area contributed by atoms with Gasteiger partial charge >= 0.3 is 0 Å². The van der Waals surface area contributed by atoms with E-state index >= 15 is 0 Å². The smallest absolute Gasteiger partial charge is 0.251 e. The SMILES string of the molecule is O=C(NCC1CCCNC1)c1ccc2c(c1)CCC=C2. The molecule has 1 saturated heterocycles. The fourth-order valence-corrected chi connectivity index (χ4v) is 3.01. The van der Waals surface area contributed by atoms with E-state index < -0.39 is 0 Å². The molecule has 1 atom stereocenters. The molecule has 3 nitrogen and oxygen atoms in total. The number of carbonyl (C=O) groups is 1. The van der Waals surface area contributed by atoms with Gasteiger partial charge in [0.05, 0.1) is 0 Å². The van der Waals surface area contributed by atoms with Crippen molar-refractivity contribution in [2.75, 3.05) is 19.6 Å². The summed E-state index contributed by atoms with van der Waals surface area (Å²) in [7, 11) is 0. The minimum atomic E-state index is 0.0629. The number of amides is 1. The number of aryl methyl sites for hydroxylation is 1. The Kier molecular flexibility index (Phi) is 4.16. The molecule has 0 spiro atoms. The van der Waals surface area contributed by atoms with Gasteiger partial charge < -0.3 is 10.6 Å². The average Bonchev–Trinajstić information content (AvgIpc) is 2.53. The van der Waals surface area contributed by atoms with Gasteiger partial charge in [-0.05, 0) is 68.0 Å². The molecule has 1 fully saturated rings. The summed E-state index contributed by atoms with van der Waals surface area (Å²) in [5, 5.41) is 6.46. The maximum Gasteiger partial charge on any atom is 0.251 e. The van der Waals surface area contributed by atoms with E-state index in [1.165, 1.54) is 24.0 Å². The molecule has 2 N–H and O–H groups in total. The van der Waals surface area contributed by atoms with Crippen LogP contribution >= 0.6 is 0 Å². The first-order valence-electron chi connectivity index (χ1n) is 7.61. The van der Waals surface area contributed by atoms with Crippen molar-refractivity contribution >= 4 is 12.0 Å². The van der Waals surface area contributed by atoms with E-state index in [0.717, 1.165) is 38.0 Å². The minimum absolute atomic E-state index is 0.0629. The summed E-state index contributed by atoms with van der Waals surface area (Å²) < 4.78 is 0. The van der Waals surface area contributed by atoms with Gasteiger partial charge in [-0.25, -0.2) is 0 Å². The lowest BCUT2D eigenvalue weighted by Crippen LogP contribution is -2.38. The second-order valence-electron chi connectivity index (χ2n) is 5.78. The van der Waals surface area contributed by atoms with E-state index in [1.54, 1.807) is 0 Å². The van der Waals surface area contributed by atoms with Crippen molar-refractivity contribution in [3.8, 4) is 0 Å². The highest BCUT2D eigenvalue weighted by atomic mass is 16.1. The van der Waals surface area contributed by atoms with E-state index in [-0.39, 0.29) is 5.91 Å². The molecule has 1 unspecified atom stereocenters. The van der Waals surface area contributed by atoms with Gasteiger partial charge in [0.1, 0.15) is 0 Å². The summed E-state index contributed by atoms with van der Waals surface area (Å²) in [6.07, 6.45) is 8.88. The topological polar surface area (TPSA) is 41.1 Å². The van der Waals surface area contributed by atoms with E-state index in [4.69, 9.17) is 0 Å². The highest BCUT2D eigenvalue weighted by molar-refractivity contribution is 5.94. The Hall–Kier alpha value is -1.61. The summed E-state index contributed by atoms with van der Waals surface area (Å²) in [5.41, 5.74) is 3.34. The summed E-state index contributed by atoms with van der Waals surface area (Å²) in [6, 6.07) is 6.04. The molecule has 3 heteroatoms.